The van der Waals surface area contributed by atoms with E-state index in [4.69, 9.17) is 4.99 Å². The van der Waals surface area contributed by atoms with Crippen molar-refractivity contribution in [1.82, 2.24) is 9.62 Å². The standard InChI is InChI=1S/C25H33N3S/c1-3-20(9-6-7-18-27-29-21-15-13-19(2)14-16-21)28-24-12-5-4-10-22(24)23-11-8-17-26-25(23)28/h8,10-17,20,23,25,27H,3-7,9,18H2,1-2H3. The molecule has 1 fully saturated rings. The summed E-state index contributed by atoms with van der Waals surface area (Å²) >= 11 is 1.75. The van der Waals surface area contributed by atoms with Gasteiger partial charge in [0.2, 0.25) is 0 Å². The predicted octanol–water partition coefficient (Wildman–Crippen LogP) is 6.04. The third-order valence-corrected chi connectivity index (χ3v) is 7.05. The van der Waals surface area contributed by atoms with Crippen LogP contribution in [0.5, 0.6) is 0 Å². The monoisotopic (exact) mass is 407 g/mol. The lowest BCUT2D eigenvalue weighted by molar-refractivity contribution is 0.187. The lowest BCUT2D eigenvalue weighted by atomic mass is 9.93. The third kappa shape index (κ3) is 4.70. The Bertz CT molecular complexity index is 806. The number of fused-ring (bicyclic) bond motifs is 3. The summed E-state index contributed by atoms with van der Waals surface area (Å²) in [6, 6.07) is 9.29. The number of hydrogen-bond donors (Lipinski definition) is 1. The number of dihydropyridines is 1. The number of rotatable bonds is 9. The summed E-state index contributed by atoms with van der Waals surface area (Å²) in [4.78, 5) is 8.81. The van der Waals surface area contributed by atoms with Gasteiger partial charge in [-0.25, -0.2) is 0 Å². The fourth-order valence-electron chi connectivity index (χ4n) is 4.66. The fraction of sp³-hybridized carbons (Fsp3) is 0.480. The SMILES string of the molecule is CCC(CCCCNSc1ccc(C)cc1)N1C2=CCCC=C2C2C=CC=NC21. The maximum absolute atomic E-state index is 4.88. The molecule has 4 rings (SSSR count). The maximum Gasteiger partial charge on any atom is 0.131 e. The van der Waals surface area contributed by atoms with E-state index in [-0.39, 0.29) is 6.17 Å². The molecule has 3 nitrogen and oxygen atoms in total. The first-order chi connectivity index (χ1) is 14.3. The number of hydrogen-bond acceptors (Lipinski definition) is 4. The van der Waals surface area contributed by atoms with Crippen molar-refractivity contribution in [1.29, 1.82) is 0 Å². The molecular weight excluding hydrogens is 374 g/mol. The van der Waals surface area contributed by atoms with Crippen molar-refractivity contribution >= 4 is 18.2 Å². The van der Waals surface area contributed by atoms with Gasteiger partial charge in [-0.3, -0.25) is 9.71 Å². The Hall–Kier alpha value is -1.78. The fourth-order valence-corrected chi connectivity index (χ4v) is 5.35. The van der Waals surface area contributed by atoms with E-state index in [1.165, 1.54) is 60.3 Å². The second-order valence-electron chi connectivity index (χ2n) is 8.22. The minimum Gasteiger partial charge on any atom is -0.346 e. The van der Waals surface area contributed by atoms with E-state index < -0.39 is 0 Å². The smallest absolute Gasteiger partial charge is 0.131 e. The zero-order valence-corrected chi connectivity index (χ0v) is 18.5. The van der Waals surface area contributed by atoms with Crippen LogP contribution in [0, 0.1) is 12.8 Å². The van der Waals surface area contributed by atoms with Gasteiger partial charge in [0.15, 0.2) is 0 Å². The molecule has 1 N–H and O–H groups in total. The summed E-state index contributed by atoms with van der Waals surface area (Å²) in [7, 11) is 0. The lowest BCUT2D eigenvalue weighted by Crippen LogP contribution is -2.39. The van der Waals surface area contributed by atoms with Crippen LogP contribution in [0.1, 0.15) is 51.0 Å². The Morgan fingerprint density at radius 1 is 1.17 bits per heavy atom. The highest BCUT2D eigenvalue weighted by molar-refractivity contribution is 7.97. The third-order valence-electron chi connectivity index (χ3n) is 6.19. The van der Waals surface area contributed by atoms with Crippen LogP contribution in [0.15, 0.2) is 69.7 Å². The number of unbranched alkanes of at least 4 members (excludes halogenated alkanes) is 1. The average molecular weight is 408 g/mol. The van der Waals surface area contributed by atoms with Crippen LogP contribution in [0.3, 0.4) is 0 Å². The minimum absolute atomic E-state index is 0.274. The van der Waals surface area contributed by atoms with Gasteiger partial charge in [-0.05, 0) is 74.8 Å². The molecule has 1 aromatic carbocycles. The number of nitrogens with one attached hydrogen (secondary N) is 1. The van der Waals surface area contributed by atoms with Crippen molar-refractivity contribution in [2.24, 2.45) is 10.9 Å². The molecule has 0 saturated carbocycles. The second kappa shape index (κ2) is 9.82. The van der Waals surface area contributed by atoms with Gasteiger partial charge < -0.3 is 4.90 Å². The normalized spacial score (nSPS) is 23.4. The van der Waals surface area contributed by atoms with E-state index in [0.717, 1.165) is 6.54 Å². The predicted molar refractivity (Wildman–Crippen MR) is 125 cm³/mol. The Labute approximate surface area is 180 Å². The molecule has 154 valence electrons. The van der Waals surface area contributed by atoms with Gasteiger partial charge in [-0.1, -0.05) is 49.3 Å². The van der Waals surface area contributed by atoms with E-state index in [2.05, 4.69) is 72.0 Å². The largest absolute Gasteiger partial charge is 0.346 e. The number of allylic oxidation sites excluding steroid dienone is 4. The van der Waals surface area contributed by atoms with E-state index in [1.807, 2.05) is 6.21 Å². The Morgan fingerprint density at radius 2 is 2.00 bits per heavy atom. The van der Waals surface area contributed by atoms with Crippen molar-refractivity contribution in [3.63, 3.8) is 0 Å². The number of nitrogens with zero attached hydrogens (tertiary/aromatic N) is 2. The highest BCUT2D eigenvalue weighted by atomic mass is 32.2. The van der Waals surface area contributed by atoms with Crippen LogP contribution >= 0.6 is 11.9 Å². The maximum atomic E-state index is 4.88. The summed E-state index contributed by atoms with van der Waals surface area (Å²) in [5.41, 5.74) is 4.30. The van der Waals surface area contributed by atoms with Gasteiger partial charge in [0.25, 0.3) is 0 Å². The van der Waals surface area contributed by atoms with Gasteiger partial charge >= 0.3 is 0 Å². The molecule has 0 spiro atoms. The van der Waals surface area contributed by atoms with E-state index >= 15 is 0 Å². The first-order valence-corrected chi connectivity index (χ1v) is 11.9. The van der Waals surface area contributed by atoms with Gasteiger partial charge in [0.05, 0.1) is 0 Å². The number of aliphatic imine (C=N–C) groups is 1. The van der Waals surface area contributed by atoms with Crippen molar-refractivity contribution in [3.05, 3.63) is 65.4 Å². The zero-order valence-electron chi connectivity index (χ0n) is 17.7. The van der Waals surface area contributed by atoms with Gasteiger partial charge in [-0.2, -0.15) is 0 Å². The van der Waals surface area contributed by atoms with Crippen molar-refractivity contribution in [2.75, 3.05) is 6.54 Å². The average Bonchev–Trinajstić information content (AvgIpc) is 3.09. The molecule has 0 amide bonds. The molecule has 1 saturated heterocycles. The van der Waals surface area contributed by atoms with Gasteiger partial charge in [-0.15, -0.1) is 0 Å². The summed E-state index contributed by atoms with van der Waals surface area (Å²) in [6.07, 6.45) is 18.9. The van der Waals surface area contributed by atoms with Crippen LogP contribution in [-0.4, -0.2) is 29.9 Å². The van der Waals surface area contributed by atoms with Crippen LogP contribution < -0.4 is 4.72 Å². The highest BCUT2D eigenvalue weighted by Gasteiger charge is 2.43. The molecule has 29 heavy (non-hydrogen) atoms. The number of aryl methyl sites for hydroxylation is 1. The first-order valence-electron chi connectivity index (χ1n) is 11.1. The molecular formula is C25H33N3S. The van der Waals surface area contributed by atoms with Crippen molar-refractivity contribution in [3.8, 4) is 0 Å². The topological polar surface area (TPSA) is 27.6 Å². The molecule has 1 aliphatic carbocycles. The summed E-state index contributed by atoms with van der Waals surface area (Å²) in [6.45, 7) is 5.51. The van der Waals surface area contributed by atoms with Gasteiger partial charge in [0.1, 0.15) is 6.17 Å². The number of likely N-dealkylation sites (tertiary alicyclic amines) is 1. The van der Waals surface area contributed by atoms with Crippen molar-refractivity contribution in [2.45, 2.75) is 69.5 Å². The summed E-state index contributed by atoms with van der Waals surface area (Å²) in [5.74, 6) is 0.452. The van der Waals surface area contributed by atoms with E-state index in [1.54, 1.807) is 11.9 Å². The van der Waals surface area contributed by atoms with Crippen molar-refractivity contribution < 1.29 is 0 Å². The molecule has 2 aliphatic heterocycles. The van der Waals surface area contributed by atoms with E-state index in [0.29, 0.717) is 12.0 Å². The second-order valence-corrected chi connectivity index (χ2v) is 9.19. The minimum atomic E-state index is 0.274. The van der Waals surface area contributed by atoms with E-state index in [9.17, 15) is 0 Å². The van der Waals surface area contributed by atoms with Gasteiger partial charge in [0, 0.05) is 35.3 Å². The molecule has 0 bridgehead atoms. The Morgan fingerprint density at radius 3 is 2.83 bits per heavy atom. The molecule has 3 aliphatic rings. The molecule has 1 aromatic rings. The summed E-state index contributed by atoms with van der Waals surface area (Å²) in [5, 5.41) is 0. The van der Waals surface area contributed by atoms with Crippen LogP contribution in [0.2, 0.25) is 0 Å². The summed E-state index contributed by atoms with van der Waals surface area (Å²) < 4.78 is 3.52. The molecule has 3 atom stereocenters. The molecule has 3 unspecified atom stereocenters. The molecule has 0 aromatic heterocycles. The molecule has 2 heterocycles. The molecule has 0 radical (unpaired) electrons. The Kier molecular flexibility index (Phi) is 6.94. The molecule has 4 heteroatoms. The Balaban J connectivity index is 1.28. The van der Waals surface area contributed by atoms with Crippen LogP contribution in [0.4, 0.5) is 0 Å². The first kappa shape index (κ1) is 20.5. The van der Waals surface area contributed by atoms with Crippen LogP contribution in [0.25, 0.3) is 0 Å². The highest BCUT2D eigenvalue weighted by Crippen LogP contribution is 2.45. The lowest BCUT2D eigenvalue weighted by Gasteiger charge is -2.35. The quantitative estimate of drug-likeness (QED) is 0.399. The number of benzene rings is 1. The zero-order chi connectivity index (χ0) is 20.1. The van der Waals surface area contributed by atoms with Crippen LogP contribution in [-0.2, 0) is 0 Å².